The van der Waals surface area contributed by atoms with Crippen LogP contribution in [0, 0.1) is 6.92 Å². The molecule has 0 unspecified atom stereocenters. The van der Waals surface area contributed by atoms with Gasteiger partial charge in [-0.25, -0.2) is 0 Å². The Balaban J connectivity index is 1.34. The van der Waals surface area contributed by atoms with Crippen LogP contribution < -0.4 is 11.1 Å². The maximum atomic E-state index is 13.4. The predicted octanol–water partition coefficient (Wildman–Crippen LogP) is 8.35. The smallest absolute Gasteiger partial charge is 0.255 e. The van der Waals surface area contributed by atoms with Gasteiger partial charge in [-0.1, -0.05) is 115 Å². The molecule has 1 amide bonds. The number of nitrogen functional groups attached to an aromatic ring is 1. The Hall–Kier alpha value is -5.15. The Morgan fingerprint density at radius 3 is 1.80 bits per heavy atom. The minimum atomic E-state index is -0.486. The van der Waals surface area contributed by atoms with Crippen LogP contribution in [-0.4, -0.2) is 5.91 Å². The van der Waals surface area contributed by atoms with E-state index in [4.69, 9.17) is 5.73 Å². The highest BCUT2D eigenvalue weighted by Crippen LogP contribution is 2.55. The molecule has 1 aliphatic rings. The SMILES string of the molecule is Cc1ccc(C2(c3ccc(C(=O)Nc4cccc5cccc(N)c45)cc3)c3ccccc3-c3ccccc32)cc1. The first kappa shape index (κ1) is 23.9. The van der Waals surface area contributed by atoms with Gasteiger partial charge >= 0.3 is 0 Å². The number of rotatable bonds is 4. The Morgan fingerprint density at radius 2 is 1.18 bits per heavy atom. The van der Waals surface area contributed by atoms with E-state index in [1.165, 1.54) is 33.4 Å². The molecule has 192 valence electrons. The predicted molar refractivity (Wildman–Crippen MR) is 165 cm³/mol. The van der Waals surface area contributed by atoms with E-state index in [0.29, 0.717) is 16.9 Å². The summed E-state index contributed by atoms with van der Waals surface area (Å²) >= 11 is 0. The normalized spacial score (nSPS) is 13.0. The van der Waals surface area contributed by atoms with Gasteiger partial charge in [-0.3, -0.25) is 4.79 Å². The number of fused-ring (bicyclic) bond motifs is 4. The number of carbonyl (C=O) groups is 1. The standard InChI is InChI=1S/C37H28N2O/c1-24-16-20-27(21-17-24)37(31-12-4-2-10-29(31)30-11-3-5-13-32(30)37)28-22-18-26(19-23-28)36(40)39-34-15-7-9-25-8-6-14-33(38)35(25)34/h2-23H,38H2,1H3,(H,39,40). The van der Waals surface area contributed by atoms with Crippen LogP contribution in [0.15, 0.2) is 133 Å². The number of benzene rings is 6. The third kappa shape index (κ3) is 3.55. The van der Waals surface area contributed by atoms with E-state index < -0.39 is 5.41 Å². The number of nitrogens with one attached hydrogen (secondary N) is 1. The molecule has 0 bridgehead atoms. The quantitative estimate of drug-likeness (QED) is 0.231. The van der Waals surface area contributed by atoms with Crippen LogP contribution in [0.5, 0.6) is 0 Å². The van der Waals surface area contributed by atoms with Crippen molar-refractivity contribution >= 4 is 28.1 Å². The molecule has 0 saturated heterocycles. The van der Waals surface area contributed by atoms with Crippen molar-refractivity contribution in [1.29, 1.82) is 0 Å². The molecule has 0 saturated carbocycles. The van der Waals surface area contributed by atoms with Gasteiger partial charge in [-0.05, 0) is 70.0 Å². The summed E-state index contributed by atoms with van der Waals surface area (Å²) in [6.07, 6.45) is 0. The lowest BCUT2D eigenvalue weighted by Gasteiger charge is -2.34. The third-order valence-electron chi connectivity index (χ3n) is 8.20. The number of carbonyl (C=O) groups excluding carboxylic acids is 1. The van der Waals surface area contributed by atoms with Crippen molar-refractivity contribution in [3.8, 4) is 11.1 Å². The molecule has 40 heavy (non-hydrogen) atoms. The lowest BCUT2D eigenvalue weighted by atomic mass is 9.67. The monoisotopic (exact) mass is 516 g/mol. The first-order valence-corrected chi connectivity index (χ1v) is 13.5. The van der Waals surface area contributed by atoms with Gasteiger partial charge in [0, 0.05) is 16.6 Å². The van der Waals surface area contributed by atoms with Gasteiger partial charge in [0.1, 0.15) is 0 Å². The van der Waals surface area contributed by atoms with Crippen molar-refractivity contribution in [1.82, 2.24) is 0 Å². The number of aryl methyl sites for hydroxylation is 1. The zero-order chi connectivity index (χ0) is 27.3. The Bertz CT molecular complexity index is 1850. The molecular weight excluding hydrogens is 488 g/mol. The Labute approximate surface area is 233 Å². The molecule has 6 aromatic rings. The van der Waals surface area contributed by atoms with Crippen molar-refractivity contribution in [2.24, 2.45) is 0 Å². The maximum Gasteiger partial charge on any atom is 0.255 e. The molecule has 0 fully saturated rings. The molecule has 3 nitrogen and oxygen atoms in total. The molecule has 3 heteroatoms. The fourth-order valence-corrected chi connectivity index (χ4v) is 6.37. The molecule has 3 N–H and O–H groups in total. The van der Waals surface area contributed by atoms with Crippen LogP contribution in [0.25, 0.3) is 21.9 Å². The van der Waals surface area contributed by atoms with Gasteiger partial charge in [-0.2, -0.15) is 0 Å². The lowest BCUT2D eigenvalue weighted by molar-refractivity contribution is 0.102. The molecule has 0 aliphatic heterocycles. The molecule has 7 rings (SSSR count). The summed E-state index contributed by atoms with van der Waals surface area (Å²) < 4.78 is 0. The van der Waals surface area contributed by atoms with E-state index in [0.717, 1.165) is 16.3 Å². The summed E-state index contributed by atoms with van der Waals surface area (Å²) in [4.78, 5) is 13.4. The van der Waals surface area contributed by atoms with Gasteiger partial charge in [0.05, 0.1) is 11.1 Å². The molecule has 0 radical (unpaired) electrons. The molecule has 0 spiro atoms. The summed E-state index contributed by atoms with van der Waals surface area (Å²) in [6.45, 7) is 2.12. The number of hydrogen-bond donors (Lipinski definition) is 2. The number of anilines is 2. The molecule has 1 aliphatic carbocycles. The largest absolute Gasteiger partial charge is 0.398 e. The van der Waals surface area contributed by atoms with Crippen molar-refractivity contribution in [3.05, 3.63) is 167 Å². The molecule has 0 atom stereocenters. The topological polar surface area (TPSA) is 55.1 Å². The van der Waals surface area contributed by atoms with Gasteiger partial charge < -0.3 is 11.1 Å². The van der Waals surface area contributed by atoms with E-state index in [1.807, 2.05) is 48.5 Å². The number of amides is 1. The van der Waals surface area contributed by atoms with E-state index in [1.54, 1.807) is 0 Å². The van der Waals surface area contributed by atoms with Crippen LogP contribution in [0.1, 0.15) is 38.2 Å². The molecule has 6 aromatic carbocycles. The first-order chi connectivity index (χ1) is 19.6. The molecular formula is C37H28N2O. The Kier molecular flexibility index (Phi) is 5.53. The number of nitrogens with two attached hydrogens (primary N) is 1. The zero-order valence-electron chi connectivity index (χ0n) is 22.2. The highest BCUT2D eigenvalue weighted by atomic mass is 16.1. The van der Waals surface area contributed by atoms with Crippen LogP contribution >= 0.6 is 0 Å². The van der Waals surface area contributed by atoms with Crippen molar-refractivity contribution in [2.75, 3.05) is 11.1 Å². The minimum absolute atomic E-state index is 0.168. The highest BCUT2D eigenvalue weighted by Gasteiger charge is 2.45. The van der Waals surface area contributed by atoms with Crippen molar-refractivity contribution in [2.45, 2.75) is 12.3 Å². The average molecular weight is 517 g/mol. The Morgan fingerprint density at radius 1 is 0.625 bits per heavy atom. The summed E-state index contributed by atoms with van der Waals surface area (Å²) in [5.41, 5.74) is 16.3. The van der Waals surface area contributed by atoms with E-state index in [9.17, 15) is 4.79 Å². The average Bonchev–Trinajstić information content (AvgIpc) is 3.29. The first-order valence-electron chi connectivity index (χ1n) is 13.5. The van der Waals surface area contributed by atoms with E-state index in [2.05, 4.69) is 97.2 Å². The molecule has 0 aromatic heterocycles. The van der Waals surface area contributed by atoms with Crippen LogP contribution in [0.4, 0.5) is 11.4 Å². The van der Waals surface area contributed by atoms with Crippen LogP contribution in [-0.2, 0) is 5.41 Å². The fraction of sp³-hybridized carbons (Fsp3) is 0.0541. The second kappa shape index (κ2) is 9.25. The maximum absolute atomic E-state index is 13.4. The van der Waals surface area contributed by atoms with Gasteiger partial charge in [0.2, 0.25) is 0 Å². The van der Waals surface area contributed by atoms with Gasteiger partial charge in [-0.15, -0.1) is 0 Å². The van der Waals surface area contributed by atoms with Gasteiger partial charge in [0.25, 0.3) is 5.91 Å². The third-order valence-corrected chi connectivity index (χ3v) is 8.20. The van der Waals surface area contributed by atoms with E-state index >= 15 is 0 Å². The molecule has 0 heterocycles. The second-order valence-corrected chi connectivity index (χ2v) is 10.5. The summed E-state index contributed by atoms with van der Waals surface area (Å²) in [7, 11) is 0. The highest BCUT2D eigenvalue weighted by molar-refractivity contribution is 6.12. The summed E-state index contributed by atoms with van der Waals surface area (Å²) in [5, 5.41) is 4.94. The van der Waals surface area contributed by atoms with Crippen LogP contribution in [0.2, 0.25) is 0 Å². The fourth-order valence-electron chi connectivity index (χ4n) is 6.37. The second-order valence-electron chi connectivity index (χ2n) is 10.5. The summed E-state index contributed by atoms with van der Waals surface area (Å²) in [5.74, 6) is -0.168. The number of hydrogen-bond acceptors (Lipinski definition) is 2. The van der Waals surface area contributed by atoms with Gasteiger partial charge in [0.15, 0.2) is 0 Å². The minimum Gasteiger partial charge on any atom is -0.398 e. The summed E-state index contributed by atoms with van der Waals surface area (Å²) in [6, 6.07) is 45.8. The zero-order valence-corrected chi connectivity index (χ0v) is 22.2. The van der Waals surface area contributed by atoms with E-state index in [-0.39, 0.29) is 5.91 Å². The van der Waals surface area contributed by atoms with Crippen molar-refractivity contribution in [3.63, 3.8) is 0 Å². The lowest BCUT2D eigenvalue weighted by Crippen LogP contribution is -2.28. The van der Waals surface area contributed by atoms with Crippen molar-refractivity contribution < 1.29 is 4.79 Å². The van der Waals surface area contributed by atoms with Crippen LogP contribution in [0.3, 0.4) is 0 Å².